The number of thioether (sulfide) groups is 1. The third kappa shape index (κ3) is 4.33. The van der Waals surface area contributed by atoms with Gasteiger partial charge in [0.1, 0.15) is 17.6 Å². The lowest BCUT2D eigenvalue weighted by molar-refractivity contribution is 0.178. The highest BCUT2D eigenvalue weighted by molar-refractivity contribution is 7.98. The summed E-state index contributed by atoms with van der Waals surface area (Å²) in [6, 6.07) is 2.17. The number of rotatable bonds is 6. The fraction of sp³-hybridized carbons (Fsp3) is 0.636. The number of hydrogen-bond acceptors (Lipinski definition) is 5. The van der Waals surface area contributed by atoms with Crippen molar-refractivity contribution in [3.05, 3.63) is 17.0 Å². The lowest BCUT2D eigenvalue weighted by atomic mass is 10.3. The zero-order chi connectivity index (χ0) is 12.8. The molecular weight excluding hydrogens is 258 g/mol. The van der Waals surface area contributed by atoms with Gasteiger partial charge in [-0.2, -0.15) is 11.8 Å². The average molecular weight is 276 g/mol. The summed E-state index contributed by atoms with van der Waals surface area (Å²) in [6.07, 6.45) is 2.09. The van der Waals surface area contributed by atoms with Crippen LogP contribution in [0.5, 0.6) is 0 Å². The van der Waals surface area contributed by atoms with E-state index >= 15 is 0 Å². The molecule has 0 aromatic carbocycles. The Morgan fingerprint density at radius 2 is 2.24 bits per heavy atom. The van der Waals surface area contributed by atoms with Crippen molar-refractivity contribution in [1.82, 2.24) is 9.97 Å². The molecule has 17 heavy (non-hydrogen) atoms. The van der Waals surface area contributed by atoms with Gasteiger partial charge in [0, 0.05) is 32.0 Å². The molecule has 0 aliphatic heterocycles. The zero-order valence-electron chi connectivity index (χ0n) is 10.6. The molecule has 1 rings (SSSR count). The van der Waals surface area contributed by atoms with Crippen LogP contribution in [-0.4, -0.2) is 42.2 Å². The molecule has 0 aliphatic rings. The maximum atomic E-state index is 5.97. The van der Waals surface area contributed by atoms with Gasteiger partial charge in [-0.15, -0.1) is 0 Å². The van der Waals surface area contributed by atoms with E-state index in [-0.39, 0.29) is 0 Å². The van der Waals surface area contributed by atoms with Crippen LogP contribution in [0.25, 0.3) is 0 Å². The highest BCUT2D eigenvalue weighted by Crippen LogP contribution is 2.18. The van der Waals surface area contributed by atoms with Gasteiger partial charge in [0.25, 0.3) is 0 Å². The van der Waals surface area contributed by atoms with E-state index in [1.165, 1.54) is 0 Å². The molecule has 0 fully saturated rings. The lowest BCUT2D eigenvalue weighted by Gasteiger charge is -2.25. The summed E-state index contributed by atoms with van der Waals surface area (Å²) in [5, 5.41) is 0.449. The van der Waals surface area contributed by atoms with Crippen LogP contribution in [0.15, 0.2) is 6.07 Å². The lowest BCUT2D eigenvalue weighted by Crippen LogP contribution is -2.31. The number of aromatic nitrogens is 2. The Hall–Kier alpha value is -0.520. The maximum Gasteiger partial charge on any atom is 0.158 e. The zero-order valence-corrected chi connectivity index (χ0v) is 12.2. The molecule has 1 aromatic heterocycles. The molecular formula is C11H18ClN3OS. The predicted molar refractivity (Wildman–Crippen MR) is 74.0 cm³/mol. The van der Waals surface area contributed by atoms with Crippen LogP contribution < -0.4 is 4.90 Å². The monoisotopic (exact) mass is 275 g/mol. The molecule has 0 bridgehead atoms. The van der Waals surface area contributed by atoms with E-state index in [2.05, 4.69) is 28.0 Å². The van der Waals surface area contributed by atoms with Crippen LogP contribution in [0.3, 0.4) is 0 Å². The summed E-state index contributed by atoms with van der Waals surface area (Å²) in [5.41, 5.74) is 0. The van der Waals surface area contributed by atoms with Crippen molar-refractivity contribution in [2.45, 2.75) is 19.6 Å². The van der Waals surface area contributed by atoms with E-state index in [4.69, 9.17) is 16.3 Å². The van der Waals surface area contributed by atoms with Crippen LogP contribution in [0.1, 0.15) is 12.7 Å². The Kier molecular flexibility index (Phi) is 6.02. The standard InChI is InChI=1S/C11H18ClN3OS/c1-8(7-17-4)15(2)11-5-9(12)13-10(14-11)6-16-3/h5,8H,6-7H2,1-4H3. The van der Waals surface area contributed by atoms with E-state index in [1.54, 1.807) is 13.2 Å². The Balaban J connectivity index is 2.88. The Bertz CT molecular complexity index is 365. The summed E-state index contributed by atoms with van der Waals surface area (Å²) in [6.45, 7) is 2.53. The van der Waals surface area contributed by atoms with E-state index < -0.39 is 0 Å². The van der Waals surface area contributed by atoms with E-state index in [1.807, 2.05) is 18.8 Å². The molecule has 0 amide bonds. The Labute approximate surface area is 112 Å². The minimum Gasteiger partial charge on any atom is -0.377 e. The molecule has 0 N–H and O–H groups in total. The van der Waals surface area contributed by atoms with Gasteiger partial charge in [-0.25, -0.2) is 9.97 Å². The number of hydrogen-bond donors (Lipinski definition) is 0. The van der Waals surface area contributed by atoms with Crippen molar-refractivity contribution >= 4 is 29.2 Å². The first-order valence-corrected chi connectivity index (χ1v) is 7.09. The summed E-state index contributed by atoms with van der Waals surface area (Å²) in [5.74, 6) is 2.48. The van der Waals surface area contributed by atoms with E-state index in [9.17, 15) is 0 Å². The smallest absolute Gasteiger partial charge is 0.158 e. The molecule has 0 aliphatic carbocycles. The third-order valence-corrected chi connectivity index (χ3v) is 3.44. The molecule has 1 heterocycles. The highest BCUT2D eigenvalue weighted by atomic mass is 35.5. The third-order valence-electron chi connectivity index (χ3n) is 2.43. The van der Waals surface area contributed by atoms with Crippen molar-refractivity contribution in [2.24, 2.45) is 0 Å². The van der Waals surface area contributed by atoms with Crippen molar-refractivity contribution in [3.63, 3.8) is 0 Å². The average Bonchev–Trinajstić information content (AvgIpc) is 2.28. The quantitative estimate of drug-likeness (QED) is 0.746. The van der Waals surface area contributed by atoms with Crippen molar-refractivity contribution in [1.29, 1.82) is 0 Å². The van der Waals surface area contributed by atoms with Gasteiger partial charge in [0.05, 0.1) is 0 Å². The van der Waals surface area contributed by atoms with Crippen LogP contribution in [-0.2, 0) is 11.3 Å². The second kappa shape index (κ2) is 7.03. The van der Waals surface area contributed by atoms with Gasteiger partial charge in [-0.1, -0.05) is 11.6 Å². The maximum absolute atomic E-state index is 5.97. The fourth-order valence-corrected chi connectivity index (χ4v) is 2.31. The van der Waals surface area contributed by atoms with Gasteiger partial charge >= 0.3 is 0 Å². The molecule has 0 spiro atoms. The number of nitrogens with zero attached hydrogens (tertiary/aromatic N) is 3. The van der Waals surface area contributed by atoms with Crippen LogP contribution >= 0.6 is 23.4 Å². The molecule has 6 heteroatoms. The minimum absolute atomic E-state index is 0.373. The number of halogens is 1. The number of ether oxygens (including phenoxy) is 1. The summed E-state index contributed by atoms with van der Waals surface area (Å²) < 4.78 is 5.02. The molecule has 0 saturated carbocycles. The SMILES string of the molecule is COCc1nc(Cl)cc(N(C)C(C)CSC)n1. The van der Waals surface area contributed by atoms with Gasteiger partial charge in [-0.3, -0.25) is 0 Å². The molecule has 1 atom stereocenters. The fourth-order valence-electron chi connectivity index (χ4n) is 1.40. The largest absolute Gasteiger partial charge is 0.377 e. The van der Waals surface area contributed by atoms with Crippen LogP contribution in [0, 0.1) is 0 Å². The van der Waals surface area contributed by atoms with Gasteiger partial charge < -0.3 is 9.64 Å². The van der Waals surface area contributed by atoms with Crippen molar-refractivity contribution in [3.8, 4) is 0 Å². The molecule has 0 saturated heterocycles. The minimum atomic E-state index is 0.373. The summed E-state index contributed by atoms with van der Waals surface area (Å²) in [7, 11) is 3.63. The van der Waals surface area contributed by atoms with E-state index in [0.29, 0.717) is 23.6 Å². The Morgan fingerprint density at radius 1 is 1.53 bits per heavy atom. The number of anilines is 1. The molecule has 0 radical (unpaired) electrons. The first-order chi connectivity index (χ1) is 8.08. The van der Waals surface area contributed by atoms with Gasteiger partial charge in [-0.05, 0) is 13.2 Å². The molecule has 96 valence electrons. The van der Waals surface area contributed by atoms with Gasteiger partial charge in [0.2, 0.25) is 0 Å². The van der Waals surface area contributed by atoms with Crippen molar-refractivity contribution in [2.75, 3.05) is 31.1 Å². The molecule has 4 nitrogen and oxygen atoms in total. The summed E-state index contributed by atoms with van der Waals surface area (Å²) in [4.78, 5) is 10.6. The van der Waals surface area contributed by atoms with Crippen molar-refractivity contribution < 1.29 is 4.74 Å². The van der Waals surface area contributed by atoms with Crippen LogP contribution in [0.2, 0.25) is 5.15 Å². The molecule has 1 aromatic rings. The topological polar surface area (TPSA) is 38.2 Å². The van der Waals surface area contributed by atoms with Crippen LogP contribution in [0.4, 0.5) is 5.82 Å². The van der Waals surface area contributed by atoms with Gasteiger partial charge in [0.15, 0.2) is 5.82 Å². The second-order valence-corrected chi connectivity index (χ2v) is 5.11. The summed E-state index contributed by atoms with van der Waals surface area (Å²) >= 11 is 7.78. The second-order valence-electron chi connectivity index (χ2n) is 3.81. The Morgan fingerprint density at radius 3 is 2.82 bits per heavy atom. The molecule has 1 unspecified atom stereocenters. The first-order valence-electron chi connectivity index (χ1n) is 5.32. The highest BCUT2D eigenvalue weighted by Gasteiger charge is 2.13. The normalized spacial score (nSPS) is 12.5. The van der Waals surface area contributed by atoms with E-state index in [0.717, 1.165) is 11.6 Å². The predicted octanol–water partition coefficient (Wildman–Crippen LogP) is 2.46. The number of methoxy groups -OCH3 is 1. The first kappa shape index (κ1) is 14.5.